The van der Waals surface area contributed by atoms with E-state index in [2.05, 4.69) is 32.8 Å². The summed E-state index contributed by atoms with van der Waals surface area (Å²) in [6, 6.07) is 2.53. The molecule has 0 aliphatic carbocycles. The van der Waals surface area contributed by atoms with Crippen molar-refractivity contribution in [2.45, 2.75) is 18.9 Å². The smallest absolute Gasteiger partial charge is 0.0314 e. The Balaban J connectivity index is 1.98. The summed E-state index contributed by atoms with van der Waals surface area (Å²) < 4.78 is 1.22. The Hall–Kier alpha value is 0.450. The highest BCUT2D eigenvalue weighted by atomic mass is 79.9. The first-order valence-corrected chi connectivity index (χ1v) is 7.89. The van der Waals surface area contributed by atoms with Gasteiger partial charge in [-0.2, -0.15) is 11.8 Å². The Bertz CT molecular complexity index is 310. The van der Waals surface area contributed by atoms with Crippen LogP contribution in [0.4, 0.5) is 0 Å². The molecule has 0 aromatic carbocycles. The molecule has 2 heterocycles. The number of nitrogens with two attached hydrogens (primary N) is 1. The van der Waals surface area contributed by atoms with E-state index in [0.29, 0.717) is 6.04 Å². The third-order valence-corrected chi connectivity index (χ3v) is 5.98. The maximum Gasteiger partial charge on any atom is 0.0314 e. The van der Waals surface area contributed by atoms with Crippen molar-refractivity contribution in [2.24, 2.45) is 11.8 Å². The van der Waals surface area contributed by atoms with E-state index in [-0.39, 0.29) is 0 Å². The highest BCUT2D eigenvalue weighted by Crippen LogP contribution is 2.30. The molecular formula is C10H15BrN2S2. The van der Waals surface area contributed by atoms with Crippen LogP contribution in [0.3, 0.4) is 0 Å². The second kappa shape index (κ2) is 5.68. The molecule has 0 amide bonds. The van der Waals surface area contributed by atoms with Gasteiger partial charge >= 0.3 is 0 Å². The van der Waals surface area contributed by atoms with Crippen LogP contribution in [0.2, 0.25) is 0 Å². The molecule has 0 radical (unpaired) electrons. The lowest BCUT2D eigenvalue weighted by atomic mass is 9.96. The van der Waals surface area contributed by atoms with Crippen molar-refractivity contribution in [3.63, 3.8) is 0 Å². The molecule has 1 fully saturated rings. The van der Waals surface area contributed by atoms with Gasteiger partial charge in [0, 0.05) is 15.4 Å². The quantitative estimate of drug-likeness (QED) is 0.663. The van der Waals surface area contributed by atoms with Gasteiger partial charge in [0.15, 0.2) is 0 Å². The van der Waals surface area contributed by atoms with E-state index in [1.54, 1.807) is 11.3 Å². The Morgan fingerprint density at radius 1 is 1.67 bits per heavy atom. The van der Waals surface area contributed by atoms with Crippen molar-refractivity contribution in [3.8, 4) is 0 Å². The van der Waals surface area contributed by atoms with Crippen LogP contribution >= 0.6 is 39.0 Å². The second-order valence-corrected chi connectivity index (χ2v) is 6.80. The lowest BCUT2D eigenvalue weighted by Gasteiger charge is -2.21. The Kier molecular flexibility index (Phi) is 4.52. The second-order valence-electron chi connectivity index (χ2n) is 3.79. The van der Waals surface area contributed by atoms with Crippen molar-refractivity contribution < 1.29 is 0 Å². The van der Waals surface area contributed by atoms with Crippen LogP contribution in [0.15, 0.2) is 15.9 Å². The molecule has 2 rings (SSSR count). The zero-order chi connectivity index (χ0) is 10.7. The molecule has 2 unspecified atom stereocenters. The van der Waals surface area contributed by atoms with Gasteiger partial charge in [0.25, 0.3) is 0 Å². The lowest BCUT2D eigenvalue weighted by Crippen LogP contribution is -2.42. The van der Waals surface area contributed by atoms with Gasteiger partial charge in [-0.1, -0.05) is 0 Å². The monoisotopic (exact) mass is 306 g/mol. The van der Waals surface area contributed by atoms with Gasteiger partial charge in [-0.05, 0) is 57.6 Å². The van der Waals surface area contributed by atoms with Crippen molar-refractivity contribution in [1.82, 2.24) is 5.43 Å². The van der Waals surface area contributed by atoms with E-state index in [9.17, 15) is 0 Å². The fourth-order valence-electron chi connectivity index (χ4n) is 1.90. The zero-order valence-electron chi connectivity index (χ0n) is 8.41. The summed E-state index contributed by atoms with van der Waals surface area (Å²) >= 11 is 7.41. The van der Waals surface area contributed by atoms with Gasteiger partial charge < -0.3 is 0 Å². The van der Waals surface area contributed by atoms with Crippen LogP contribution < -0.4 is 11.3 Å². The standard InChI is InChI=1S/C10H15BrN2S2/c11-8-2-4-15-10(8)5-9(13-12)7-1-3-14-6-7/h2,4,7,9,13H,1,3,5-6,12H2. The highest BCUT2D eigenvalue weighted by molar-refractivity contribution is 9.10. The molecule has 1 aliphatic heterocycles. The number of hydrazine groups is 1. The molecule has 2 nitrogen and oxygen atoms in total. The first-order valence-electron chi connectivity index (χ1n) is 5.07. The van der Waals surface area contributed by atoms with Gasteiger partial charge in [0.1, 0.15) is 0 Å². The van der Waals surface area contributed by atoms with Crippen LogP contribution in [0.5, 0.6) is 0 Å². The molecule has 84 valence electrons. The van der Waals surface area contributed by atoms with E-state index >= 15 is 0 Å². The molecular weight excluding hydrogens is 292 g/mol. The Morgan fingerprint density at radius 3 is 3.07 bits per heavy atom. The summed E-state index contributed by atoms with van der Waals surface area (Å²) in [4.78, 5) is 1.40. The summed E-state index contributed by atoms with van der Waals surface area (Å²) in [7, 11) is 0. The van der Waals surface area contributed by atoms with Gasteiger partial charge in [0.2, 0.25) is 0 Å². The number of hydrogen-bond acceptors (Lipinski definition) is 4. The van der Waals surface area contributed by atoms with E-state index in [4.69, 9.17) is 5.84 Å². The number of thioether (sulfide) groups is 1. The summed E-state index contributed by atoms with van der Waals surface area (Å²) in [6.07, 6.45) is 2.34. The molecule has 15 heavy (non-hydrogen) atoms. The molecule has 1 aromatic rings. The maximum absolute atomic E-state index is 5.65. The van der Waals surface area contributed by atoms with E-state index in [1.165, 1.54) is 27.3 Å². The molecule has 0 saturated carbocycles. The molecule has 1 aliphatic rings. The zero-order valence-corrected chi connectivity index (χ0v) is 11.6. The largest absolute Gasteiger partial charge is 0.271 e. The predicted molar refractivity (Wildman–Crippen MR) is 72.3 cm³/mol. The van der Waals surface area contributed by atoms with Crippen LogP contribution in [0.1, 0.15) is 11.3 Å². The number of halogens is 1. The SMILES string of the molecule is NNC(Cc1sccc1Br)C1CCSC1. The Labute approximate surface area is 107 Å². The summed E-state index contributed by atoms with van der Waals surface area (Å²) in [5.41, 5.74) is 2.98. The summed E-state index contributed by atoms with van der Waals surface area (Å²) in [5, 5.41) is 2.12. The molecule has 5 heteroatoms. The molecule has 1 saturated heterocycles. The normalized spacial score (nSPS) is 23.2. The average Bonchev–Trinajstić information content (AvgIpc) is 2.86. The molecule has 1 aromatic heterocycles. The molecule has 0 spiro atoms. The molecule has 3 N–H and O–H groups in total. The fourth-order valence-corrected chi connectivity index (χ4v) is 4.81. The minimum Gasteiger partial charge on any atom is -0.271 e. The minimum absolute atomic E-state index is 0.426. The van der Waals surface area contributed by atoms with E-state index < -0.39 is 0 Å². The molecule has 2 atom stereocenters. The van der Waals surface area contributed by atoms with E-state index in [0.717, 1.165) is 12.3 Å². The number of nitrogens with one attached hydrogen (secondary N) is 1. The van der Waals surface area contributed by atoms with Crippen LogP contribution in [0.25, 0.3) is 0 Å². The van der Waals surface area contributed by atoms with Crippen molar-refractivity contribution in [2.75, 3.05) is 11.5 Å². The van der Waals surface area contributed by atoms with Gasteiger partial charge in [-0.15, -0.1) is 11.3 Å². The van der Waals surface area contributed by atoms with Gasteiger partial charge in [0.05, 0.1) is 0 Å². The lowest BCUT2D eigenvalue weighted by molar-refractivity contribution is 0.387. The Morgan fingerprint density at radius 2 is 2.53 bits per heavy atom. The van der Waals surface area contributed by atoms with Crippen molar-refractivity contribution in [3.05, 3.63) is 20.8 Å². The van der Waals surface area contributed by atoms with Crippen LogP contribution in [-0.2, 0) is 6.42 Å². The maximum atomic E-state index is 5.65. The van der Waals surface area contributed by atoms with Crippen LogP contribution in [0, 0.1) is 5.92 Å². The third-order valence-electron chi connectivity index (χ3n) is 2.84. The van der Waals surface area contributed by atoms with Gasteiger partial charge in [-0.3, -0.25) is 11.3 Å². The minimum atomic E-state index is 0.426. The summed E-state index contributed by atoms with van der Waals surface area (Å²) in [6.45, 7) is 0. The van der Waals surface area contributed by atoms with Crippen molar-refractivity contribution >= 4 is 39.0 Å². The summed E-state index contributed by atoms with van der Waals surface area (Å²) in [5.74, 6) is 8.91. The first kappa shape index (κ1) is 11.9. The van der Waals surface area contributed by atoms with Crippen LogP contribution in [-0.4, -0.2) is 17.5 Å². The van der Waals surface area contributed by atoms with Gasteiger partial charge in [-0.25, -0.2) is 0 Å². The topological polar surface area (TPSA) is 38.0 Å². The van der Waals surface area contributed by atoms with E-state index in [1.807, 2.05) is 11.8 Å². The number of thiophene rings is 1. The molecule has 0 bridgehead atoms. The predicted octanol–water partition coefficient (Wildman–Crippen LogP) is 2.64. The fraction of sp³-hybridized carbons (Fsp3) is 0.600. The third kappa shape index (κ3) is 2.97. The first-order chi connectivity index (χ1) is 7.31. The number of rotatable bonds is 4. The average molecular weight is 307 g/mol. The highest BCUT2D eigenvalue weighted by Gasteiger charge is 2.25. The van der Waals surface area contributed by atoms with Crippen molar-refractivity contribution in [1.29, 1.82) is 0 Å². The number of hydrogen-bond donors (Lipinski definition) is 2.